The average molecular weight is 877 g/mol. The van der Waals surface area contributed by atoms with Gasteiger partial charge in [-0.25, -0.2) is 0 Å². The number of benzene rings is 9. The Morgan fingerprint density at radius 1 is 0.446 bits per heavy atom. The van der Waals surface area contributed by atoms with Crippen molar-refractivity contribution in [2.45, 2.75) is 52.6 Å². The van der Waals surface area contributed by atoms with Crippen LogP contribution in [0, 0.1) is 5.92 Å². The summed E-state index contributed by atoms with van der Waals surface area (Å²) in [5.74, 6) is 1.50. The molecule has 6 heteroatoms. The molecule has 65 heavy (non-hydrogen) atoms. The van der Waals surface area contributed by atoms with Crippen molar-refractivity contribution in [3.63, 3.8) is 0 Å². The van der Waals surface area contributed by atoms with Crippen molar-refractivity contribution in [3.05, 3.63) is 175 Å². The molecule has 1 aliphatic rings. The lowest BCUT2D eigenvalue weighted by Crippen LogP contribution is -2.37. The number of hydrogen-bond acceptors (Lipinski definition) is 4. The smallest absolute Gasteiger partial charge is 0.159 e. The van der Waals surface area contributed by atoms with Crippen molar-refractivity contribution in [2.75, 3.05) is 9.80 Å². The van der Waals surface area contributed by atoms with Crippen LogP contribution in [0.25, 0.3) is 71.3 Å². The standard InChI is InChI=1S/C59H52N2O2Si2/c1-37-18-31-45-47-14-11-16-53(59(47)63-55(45)36-37)61(41-25-29-43(30-26-41)65(5,6)7)51-35-22-39-19-32-48-50(34-21-38-20-33-49(51)57(39)56(38)48)60(40-23-27-42(28-24-40)64(2,3)4)52-15-10-13-46-44-12-8-9-17-54(44)62-58(46)52/h8-35,37H,36H2,1-7H3. The van der Waals surface area contributed by atoms with E-state index in [1.807, 2.05) is 0 Å². The molecule has 11 aromatic rings. The normalized spacial score (nSPS) is 14.4. The highest BCUT2D eigenvalue weighted by Crippen LogP contribution is 2.50. The molecule has 4 nitrogen and oxygen atoms in total. The summed E-state index contributed by atoms with van der Waals surface area (Å²) in [5.41, 5.74) is 10.4. The van der Waals surface area contributed by atoms with Crippen LogP contribution >= 0.6 is 0 Å². The van der Waals surface area contributed by atoms with Gasteiger partial charge in [-0.15, -0.1) is 0 Å². The Morgan fingerprint density at radius 2 is 0.938 bits per heavy atom. The van der Waals surface area contributed by atoms with E-state index in [-0.39, 0.29) is 0 Å². The Kier molecular flexibility index (Phi) is 8.90. The fourth-order valence-electron chi connectivity index (χ4n) is 10.4. The third-order valence-corrected chi connectivity index (χ3v) is 18.0. The lowest BCUT2D eigenvalue weighted by atomic mass is 9.91. The summed E-state index contributed by atoms with van der Waals surface area (Å²) in [6.45, 7) is 16.7. The lowest BCUT2D eigenvalue weighted by Gasteiger charge is -2.30. The molecule has 0 aliphatic heterocycles. The highest BCUT2D eigenvalue weighted by molar-refractivity contribution is 6.89. The van der Waals surface area contributed by atoms with E-state index >= 15 is 0 Å². The minimum atomic E-state index is -1.55. The van der Waals surface area contributed by atoms with E-state index in [0.29, 0.717) is 5.92 Å². The van der Waals surface area contributed by atoms with Crippen LogP contribution in [0.2, 0.25) is 39.3 Å². The van der Waals surface area contributed by atoms with Crippen LogP contribution < -0.4 is 20.2 Å². The topological polar surface area (TPSA) is 32.8 Å². The van der Waals surface area contributed by atoms with Gasteiger partial charge in [0.05, 0.1) is 38.9 Å². The molecule has 1 atom stereocenters. The number of fused-ring (bicyclic) bond motifs is 6. The molecule has 0 fully saturated rings. The molecule has 0 bridgehead atoms. The zero-order valence-corrected chi connectivity index (χ0v) is 40.2. The second-order valence-electron chi connectivity index (χ2n) is 20.2. The zero-order chi connectivity index (χ0) is 44.4. The summed E-state index contributed by atoms with van der Waals surface area (Å²) >= 11 is 0. The number of allylic oxidation sites excluding steroid dienone is 1. The molecule has 2 aromatic heterocycles. The van der Waals surface area contributed by atoms with E-state index in [2.05, 4.69) is 226 Å². The summed E-state index contributed by atoms with van der Waals surface area (Å²) in [7, 11) is -3.10. The lowest BCUT2D eigenvalue weighted by molar-refractivity contribution is 0.513. The van der Waals surface area contributed by atoms with Crippen molar-refractivity contribution in [2.24, 2.45) is 5.92 Å². The Morgan fingerprint density at radius 3 is 1.49 bits per heavy atom. The molecule has 0 amide bonds. The third-order valence-electron chi connectivity index (χ3n) is 13.9. The van der Waals surface area contributed by atoms with Crippen LogP contribution in [0.5, 0.6) is 0 Å². The van der Waals surface area contributed by atoms with E-state index in [4.69, 9.17) is 8.83 Å². The van der Waals surface area contributed by atoms with Crippen LogP contribution in [0.1, 0.15) is 18.2 Å². The first-order valence-corrected chi connectivity index (χ1v) is 30.1. The maximum atomic E-state index is 6.92. The van der Waals surface area contributed by atoms with Crippen LogP contribution in [0.4, 0.5) is 34.1 Å². The summed E-state index contributed by atoms with van der Waals surface area (Å²) < 4.78 is 13.7. The van der Waals surface area contributed by atoms with Gasteiger partial charge in [0.2, 0.25) is 0 Å². The van der Waals surface area contributed by atoms with Gasteiger partial charge in [-0.1, -0.05) is 172 Å². The first-order chi connectivity index (χ1) is 31.4. The number of anilines is 6. The van der Waals surface area contributed by atoms with Crippen LogP contribution in [-0.2, 0) is 6.42 Å². The molecule has 2 heterocycles. The first kappa shape index (κ1) is 39.7. The number of hydrogen-bond donors (Lipinski definition) is 0. The molecule has 318 valence electrons. The highest BCUT2D eigenvalue weighted by Gasteiger charge is 2.28. The van der Waals surface area contributed by atoms with Crippen molar-refractivity contribution in [1.29, 1.82) is 0 Å². The van der Waals surface area contributed by atoms with Gasteiger partial charge >= 0.3 is 0 Å². The molecule has 0 saturated carbocycles. The maximum Gasteiger partial charge on any atom is 0.159 e. The highest BCUT2D eigenvalue weighted by atomic mass is 28.3. The molecule has 1 unspecified atom stereocenters. The van der Waals surface area contributed by atoms with E-state index in [1.54, 1.807) is 0 Å². The van der Waals surface area contributed by atoms with Crippen LogP contribution in [0.15, 0.2) is 173 Å². The minimum absolute atomic E-state index is 0.436. The van der Waals surface area contributed by atoms with Crippen molar-refractivity contribution >= 4 is 132 Å². The van der Waals surface area contributed by atoms with Gasteiger partial charge in [0.15, 0.2) is 11.2 Å². The molecule has 0 saturated heterocycles. The Hall–Kier alpha value is -6.87. The van der Waals surface area contributed by atoms with Gasteiger partial charge in [0, 0.05) is 50.3 Å². The minimum Gasteiger partial charge on any atom is -0.458 e. The molecule has 9 aromatic carbocycles. The van der Waals surface area contributed by atoms with Crippen LogP contribution in [0.3, 0.4) is 0 Å². The molecule has 12 rings (SSSR count). The summed E-state index contributed by atoms with van der Waals surface area (Å²) in [6, 6.07) is 58.7. The van der Waals surface area contributed by atoms with E-state index in [1.165, 1.54) is 48.3 Å². The summed E-state index contributed by atoms with van der Waals surface area (Å²) in [5, 5.41) is 13.6. The molecular formula is C59H52N2O2Si2. The van der Waals surface area contributed by atoms with Gasteiger partial charge < -0.3 is 18.6 Å². The largest absolute Gasteiger partial charge is 0.458 e. The monoisotopic (exact) mass is 876 g/mol. The molecule has 0 N–H and O–H groups in total. The second-order valence-corrected chi connectivity index (χ2v) is 30.4. The van der Waals surface area contributed by atoms with Gasteiger partial charge in [-0.2, -0.15) is 0 Å². The van der Waals surface area contributed by atoms with Crippen molar-refractivity contribution < 1.29 is 8.83 Å². The van der Waals surface area contributed by atoms with Crippen LogP contribution in [-0.4, -0.2) is 16.1 Å². The average Bonchev–Trinajstić information content (AvgIpc) is 3.88. The number of para-hydroxylation sites is 3. The predicted octanol–water partition coefficient (Wildman–Crippen LogP) is 16.5. The maximum absolute atomic E-state index is 6.92. The Labute approximate surface area is 382 Å². The van der Waals surface area contributed by atoms with E-state index in [0.717, 1.165) is 79.2 Å². The zero-order valence-electron chi connectivity index (χ0n) is 38.2. The number of nitrogens with zero attached hydrogens (tertiary/aromatic N) is 2. The SMILES string of the molecule is CC1C=Cc2c(oc3c(N(c4ccc([Si](C)(C)C)cc4)c4ccc5ccc6c(N(c7ccc([Si](C)(C)C)cc7)c7cccc8c7oc7ccccc78)ccc7ccc4c5c76)cccc23)C1. The number of furan rings is 2. The van der Waals surface area contributed by atoms with Gasteiger partial charge in [-0.3, -0.25) is 0 Å². The first-order valence-electron chi connectivity index (χ1n) is 23.1. The van der Waals surface area contributed by atoms with Crippen molar-refractivity contribution in [3.8, 4) is 0 Å². The van der Waals surface area contributed by atoms with Gasteiger partial charge in [0.1, 0.15) is 11.3 Å². The fourth-order valence-corrected chi connectivity index (χ4v) is 12.7. The van der Waals surface area contributed by atoms with E-state index in [9.17, 15) is 0 Å². The Balaban J connectivity index is 1.11. The molecule has 1 aliphatic carbocycles. The van der Waals surface area contributed by atoms with E-state index < -0.39 is 16.1 Å². The Bertz CT molecular complexity index is 3680. The second kappa shape index (κ2) is 14.6. The predicted molar refractivity (Wildman–Crippen MR) is 284 cm³/mol. The third kappa shape index (κ3) is 6.37. The van der Waals surface area contributed by atoms with Gasteiger partial charge in [0.25, 0.3) is 0 Å². The summed E-state index contributed by atoms with van der Waals surface area (Å²) in [4.78, 5) is 4.87. The molecular weight excluding hydrogens is 825 g/mol. The fraction of sp³-hybridized carbons (Fsp3) is 0.153. The van der Waals surface area contributed by atoms with Crippen molar-refractivity contribution in [1.82, 2.24) is 0 Å². The summed E-state index contributed by atoms with van der Waals surface area (Å²) in [6.07, 6.45) is 5.47. The quantitative estimate of drug-likeness (QED) is 0.112. The van der Waals surface area contributed by atoms with Gasteiger partial charge in [-0.05, 0) is 82.1 Å². The molecule has 0 spiro atoms. The molecule has 0 radical (unpaired) electrons. The number of rotatable bonds is 8.